The summed E-state index contributed by atoms with van der Waals surface area (Å²) in [7, 11) is 0. The van der Waals surface area contributed by atoms with Crippen LogP contribution in [0.25, 0.3) is 20.7 Å². The third-order valence-electron chi connectivity index (χ3n) is 9.43. The van der Waals surface area contributed by atoms with Crippen molar-refractivity contribution in [2.45, 2.75) is 26.7 Å². The zero-order valence-corrected chi connectivity index (χ0v) is 36.9. The lowest BCUT2D eigenvalue weighted by atomic mass is 9.95. The van der Waals surface area contributed by atoms with E-state index >= 15 is 0 Å². The molecule has 65 heavy (non-hydrogen) atoms. The Morgan fingerprint density at radius 3 is 1.65 bits per heavy atom. The van der Waals surface area contributed by atoms with Crippen LogP contribution in [0.1, 0.15) is 44.3 Å². The first kappa shape index (κ1) is 51.9. The number of aliphatic hydroxyl groups excluding tert-OH is 2. The molecule has 0 fully saturated rings. The second-order valence-corrected chi connectivity index (χ2v) is 14.3. The number of carbonyl (C=O) groups is 4. The molecule has 0 aliphatic heterocycles. The molecular formula is C48H47Cl2N7O8. The number of Topliss-reactive ketones (excluding diaryl/α,β-unsaturated/α-hetero) is 2. The largest absolute Gasteiger partial charge is 0.481 e. The van der Waals surface area contributed by atoms with Crippen LogP contribution in [0.3, 0.4) is 0 Å². The molecule has 1 heterocycles. The zero-order valence-electron chi connectivity index (χ0n) is 36.4. The van der Waals surface area contributed by atoms with E-state index in [1.807, 2.05) is 36.4 Å². The molecule has 1 aromatic heterocycles. The first-order valence-electron chi connectivity index (χ1n) is 19.9. The maximum absolute atomic E-state index is 12.3. The van der Waals surface area contributed by atoms with Gasteiger partial charge in [-0.15, -0.1) is 17.9 Å². The summed E-state index contributed by atoms with van der Waals surface area (Å²) in [6, 6.07) is 31.5. The van der Waals surface area contributed by atoms with E-state index < -0.39 is 30.3 Å². The van der Waals surface area contributed by atoms with Crippen LogP contribution in [-0.4, -0.2) is 85.4 Å². The van der Waals surface area contributed by atoms with Gasteiger partial charge in [-0.1, -0.05) is 125 Å². The molecule has 15 nitrogen and oxygen atoms in total. The summed E-state index contributed by atoms with van der Waals surface area (Å²) in [4.78, 5) is 53.4. The average molecular weight is 922 g/mol. The highest BCUT2D eigenvalue weighted by Gasteiger charge is 2.22. The number of carboxylic acids is 1. The average Bonchev–Trinajstić information content (AvgIpc) is 3.72. The quantitative estimate of drug-likeness (QED) is 0.0287. The Hall–Kier alpha value is -7.42. The number of fused-ring (bicyclic) bond motifs is 1. The van der Waals surface area contributed by atoms with Crippen molar-refractivity contribution in [1.29, 1.82) is 0 Å². The number of carboxylic acid groups (broad SMARTS) is 1. The maximum Gasteiger partial charge on any atom is 0.309 e. The highest BCUT2D eigenvalue weighted by Crippen LogP contribution is 2.32. The standard InChI is InChI=1S/C20H19ClN2O3.C12H12ClNO3.C8H9NO.C6H5N3O.C2H2/c1-13-15(8-9-17(22-2)19(13)21)10-16(12-24)20(26)23-11-18(25)14-6-4-3-5-7-14;1-7-8(5-9(6-15)12(16)17)3-4-10(14-2)11(7)13;9-6-8(10)7-4-2-1-3-5-7;10-9-6-4-2-1-3-5(6)7-8-9;1-2/h3-9,16,24H,10-12H2,1H3,(H,23,26);3-4,9,15H,5-6H2,1H3,(H,16,17);1-5H,6,9H2;1-4,10H;1-2H/t16-;;;;/m1..../s1/i;;;;1D. The summed E-state index contributed by atoms with van der Waals surface area (Å²) < 4.78 is 5.74. The molecule has 7 N–H and O–H groups in total. The fraction of sp³-hybridized carbons (Fsp3) is 0.208. The van der Waals surface area contributed by atoms with Gasteiger partial charge in [0.2, 0.25) is 17.3 Å². The number of aliphatic carboxylic acids is 1. The van der Waals surface area contributed by atoms with E-state index in [0.717, 1.165) is 16.0 Å². The van der Waals surface area contributed by atoms with Gasteiger partial charge in [-0.3, -0.25) is 19.2 Å². The van der Waals surface area contributed by atoms with Crippen LogP contribution in [-0.2, 0) is 22.4 Å². The Morgan fingerprint density at radius 1 is 0.769 bits per heavy atom. The van der Waals surface area contributed by atoms with Gasteiger partial charge in [0.25, 0.3) is 0 Å². The smallest absolute Gasteiger partial charge is 0.309 e. The van der Waals surface area contributed by atoms with Gasteiger partial charge in [0.1, 0.15) is 12.4 Å². The van der Waals surface area contributed by atoms with E-state index in [1.165, 1.54) is 6.40 Å². The highest BCUT2D eigenvalue weighted by molar-refractivity contribution is 6.34. The number of ketones is 2. The molecule has 1 unspecified atom stereocenters. The maximum atomic E-state index is 12.3. The minimum atomic E-state index is -1.04. The fourth-order valence-corrected chi connectivity index (χ4v) is 6.13. The topological polar surface area (TPSA) is 227 Å². The third-order valence-corrected chi connectivity index (χ3v) is 10.4. The number of halogens is 2. The number of hydrogen-bond acceptors (Lipinski definition) is 10. The number of nitrogens with one attached hydrogen (secondary N) is 1. The minimum Gasteiger partial charge on any atom is -0.481 e. The normalized spacial score (nSPS) is 10.9. The zero-order chi connectivity index (χ0) is 49.2. The summed E-state index contributed by atoms with van der Waals surface area (Å²) in [5.74, 6) is -3.20. The van der Waals surface area contributed by atoms with Crippen LogP contribution in [0, 0.1) is 51.7 Å². The Bertz CT molecular complexity index is 2680. The molecule has 6 rings (SSSR count). The molecule has 5 aromatic carbocycles. The predicted octanol–water partition coefficient (Wildman–Crippen LogP) is 7.53. The van der Waals surface area contributed by atoms with E-state index in [2.05, 4.69) is 31.7 Å². The number of nitrogens with two attached hydrogens (primary N) is 1. The molecule has 0 saturated carbocycles. The lowest BCUT2D eigenvalue weighted by Crippen LogP contribution is -2.37. The van der Waals surface area contributed by atoms with Gasteiger partial charge in [0.15, 0.2) is 11.6 Å². The van der Waals surface area contributed by atoms with Gasteiger partial charge in [0, 0.05) is 11.1 Å². The van der Waals surface area contributed by atoms with Crippen LogP contribution in [0.5, 0.6) is 0 Å². The number of amides is 1. The van der Waals surface area contributed by atoms with Crippen molar-refractivity contribution in [3.8, 4) is 12.8 Å². The van der Waals surface area contributed by atoms with Crippen molar-refractivity contribution in [2.75, 3.05) is 26.3 Å². The first-order chi connectivity index (χ1) is 31.6. The van der Waals surface area contributed by atoms with Gasteiger partial charge in [0.05, 0.1) is 61.3 Å². The second kappa shape index (κ2) is 28.3. The number of aromatic nitrogens is 3. The molecule has 336 valence electrons. The van der Waals surface area contributed by atoms with Crippen LogP contribution in [0.2, 0.25) is 10.0 Å². The van der Waals surface area contributed by atoms with Crippen molar-refractivity contribution in [3.63, 3.8) is 0 Å². The van der Waals surface area contributed by atoms with E-state index in [-0.39, 0.29) is 44.1 Å². The van der Waals surface area contributed by atoms with Gasteiger partial charge >= 0.3 is 5.97 Å². The molecule has 0 spiro atoms. The van der Waals surface area contributed by atoms with E-state index in [4.69, 9.17) is 58.9 Å². The number of terminal acetylenes is 1. The van der Waals surface area contributed by atoms with Crippen molar-refractivity contribution < 1.29 is 41.1 Å². The van der Waals surface area contributed by atoms with E-state index in [0.29, 0.717) is 54.7 Å². The summed E-state index contributed by atoms with van der Waals surface area (Å²) in [5, 5.41) is 46.7. The van der Waals surface area contributed by atoms with Crippen LogP contribution in [0.4, 0.5) is 11.4 Å². The fourth-order valence-electron chi connectivity index (χ4n) is 5.67. The molecule has 0 radical (unpaired) electrons. The predicted molar refractivity (Wildman–Crippen MR) is 249 cm³/mol. The lowest BCUT2D eigenvalue weighted by Gasteiger charge is -2.16. The van der Waals surface area contributed by atoms with Crippen molar-refractivity contribution in [3.05, 3.63) is 175 Å². The third kappa shape index (κ3) is 16.3. The minimum absolute atomic E-state index is 0.0133. The Morgan fingerprint density at radius 2 is 1.22 bits per heavy atom. The van der Waals surface area contributed by atoms with Gasteiger partial charge in [-0.2, -0.15) is 0 Å². The molecule has 0 aliphatic rings. The van der Waals surface area contributed by atoms with Crippen molar-refractivity contribution in [2.24, 2.45) is 17.6 Å². The van der Waals surface area contributed by atoms with Crippen LogP contribution < -0.4 is 11.1 Å². The molecular weight excluding hydrogens is 873 g/mol. The number of aliphatic hydroxyl groups is 2. The molecule has 6 aromatic rings. The summed E-state index contributed by atoms with van der Waals surface area (Å²) in [5.41, 5.74) is 11.3. The first-order valence-corrected chi connectivity index (χ1v) is 20.1. The second-order valence-electron chi connectivity index (χ2n) is 13.6. The Balaban J connectivity index is 0.000000319. The Kier molecular flexibility index (Phi) is 22.6. The molecule has 2 atom stereocenters. The molecule has 17 heteroatoms. The highest BCUT2D eigenvalue weighted by atomic mass is 35.5. The van der Waals surface area contributed by atoms with E-state index in [9.17, 15) is 24.3 Å². The van der Waals surface area contributed by atoms with Gasteiger partial charge < -0.3 is 31.6 Å². The number of nitrogens with zero attached hydrogens (tertiary/aromatic N) is 5. The number of carbonyl (C=O) groups excluding carboxylic acids is 3. The SMILES string of the molecule is NCC(=O)c1ccccc1.On1nnc2ccccc21.[2H]C#C.[C-]#[N+]c1ccc(CC(CO)C(=O)O)c(C)c1Cl.[C-]#[N+]c1ccc(C[C@H](CO)C(=O)NCC(=O)c2ccccc2)c(C)c1Cl. The number of benzene rings is 5. The number of para-hydroxylation sites is 1. The summed E-state index contributed by atoms with van der Waals surface area (Å²) in [6.07, 6.45) is 6.24. The van der Waals surface area contributed by atoms with Crippen LogP contribution in [0.15, 0.2) is 109 Å². The van der Waals surface area contributed by atoms with Gasteiger partial charge in [-0.25, -0.2) is 9.69 Å². The van der Waals surface area contributed by atoms with Crippen molar-refractivity contribution >= 4 is 69.1 Å². The summed E-state index contributed by atoms with van der Waals surface area (Å²) in [6.45, 7) is 16.7. The molecule has 0 bridgehead atoms. The number of rotatable bonds is 13. The monoisotopic (exact) mass is 920 g/mol. The lowest BCUT2D eigenvalue weighted by molar-refractivity contribution is -0.143. The van der Waals surface area contributed by atoms with Crippen molar-refractivity contribution in [1.82, 2.24) is 20.5 Å². The van der Waals surface area contributed by atoms with E-state index in [1.54, 1.807) is 86.6 Å². The molecule has 1 amide bonds. The van der Waals surface area contributed by atoms with Crippen LogP contribution >= 0.6 is 23.2 Å². The molecule has 0 aliphatic carbocycles. The summed E-state index contributed by atoms with van der Waals surface area (Å²) >= 11 is 12.1. The van der Waals surface area contributed by atoms with Gasteiger partial charge in [-0.05, 0) is 66.3 Å². The Labute approximate surface area is 388 Å². The number of hydrogen-bond donors (Lipinski definition) is 6. The molecule has 0 saturated heterocycles.